The fourth-order valence-corrected chi connectivity index (χ4v) is 3.14. The lowest BCUT2D eigenvalue weighted by Gasteiger charge is -2.34. The number of hydrogen-bond acceptors (Lipinski definition) is 3. The fraction of sp³-hybridized carbons (Fsp3) is 0.571. The highest BCUT2D eigenvalue weighted by Gasteiger charge is 2.27. The Balaban J connectivity index is 1.89. The molecule has 2 atom stereocenters. The molecule has 0 aromatic heterocycles. The molecule has 0 radical (unpaired) electrons. The lowest BCUT2D eigenvalue weighted by molar-refractivity contribution is 0.0165. The summed E-state index contributed by atoms with van der Waals surface area (Å²) in [7, 11) is 0. The predicted octanol–water partition coefficient (Wildman–Crippen LogP) is 3.99. The maximum atomic E-state index is 12.3. The maximum absolute atomic E-state index is 12.3. The molecule has 1 fully saturated rings. The molecule has 1 aliphatic heterocycles. The van der Waals surface area contributed by atoms with Crippen molar-refractivity contribution in [2.75, 3.05) is 19.6 Å². The minimum absolute atomic E-state index is 0.156. The van der Waals surface area contributed by atoms with Gasteiger partial charge in [-0.15, -0.1) is 12.3 Å². The van der Waals surface area contributed by atoms with Gasteiger partial charge in [0, 0.05) is 32.1 Å². The molecule has 1 heterocycles. The highest BCUT2D eigenvalue weighted by Crippen LogP contribution is 2.21. The van der Waals surface area contributed by atoms with Gasteiger partial charge in [0.1, 0.15) is 5.60 Å². The van der Waals surface area contributed by atoms with E-state index < -0.39 is 5.60 Å². The number of benzene rings is 1. The summed E-state index contributed by atoms with van der Waals surface area (Å²) >= 11 is 0. The summed E-state index contributed by atoms with van der Waals surface area (Å²) < 4.78 is 5.50. The largest absolute Gasteiger partial charge is 0.444 e. The first-order chi connectivity index (χ1) is 11.9. The summed E-state index contributed by atoms with van der Waals surface area (Å²) in [6.07, 6.45) is 8.11. The minimum Gasteiger partial charge on any atom is -0.444 e. The lowest BCUT2D eigenvalue weighted by Crippen LogP contribution is -2.45. The number of nitrogens with one attached hydrogen (secondary N) is 1. The molecule has 1 aliphatic rings. The molecule has 1 amide bonds. The Morgan fingerprint density at radius 2 is 2.12 bits per heavy atom. The zero-order valence-corrected chi connectivity index (χ0v) is 15.6. The number of likely N-dealkylation sites (tertiary alicyclic amines) is 1. The van der Waals surface area contributed by atoms with E-state index in [0.717, 1.165) is 32.5 Å². The molecule has 1 N–H and O–H groups in total. The standard InChI is InChI=1S/C21H30N2O2/c1-5-10-19(18-12-7-6-8-13-18)22-15-17-11-9-14-23(16-17)20(24)25-21(2,3)4/h1,6-8,12-13,17,19,22H,9-11,14-16H2,2-4H3/t17-,19-/m0/s1. The number of amides is 1. The molecule has 4 heteroatoms. The van der Waals surface area contributed by atoms with E-state index in [1.165, 1.54) is 5.56 Å². The van der Waals surface area contributed by atoms with Crippen LogP contribution in [-0.2, 0) is 4.74 Å². The molecule has 1 aromatic rings. The first-order valence-electron chi connectivity index (χ1n) is 9.09. The number of ether oxygens (including phenoxy) is 1. The van der Waals surface area contributed by atoms with Crippen LogP contribution in [0.3, 0.4) is 0 Å². The number of rotatable bonds is 5. The van der Waals surface area contributed by atoms with E-state index in [1.807, 2.05) is 43.9 Å². The summed E-state index contributed by atoms with van der Waals surface area (Å²) in [5.74, 6) is 3.18. The molecule has 0 unspecified atom stereocenters. The van der Waals surface area contributed by atoms with Crippen molar-refractivity contribution < 1.29 is 9.53 Å². The van der Waals surface area contributed by atoms with Gasteiger partial charge in [-0.05, 0) is 45.1 Å². The van der Waals surface area contributed by atoms with Crippen molar-refractivity contribution in [2.24, 2.45) is 5.92 Å². The molecular weight excluding hydrogens is 312 g/mol. The van der Waals surface area contributed by atoms with Crippen molar-refractivity contribution >= 4 is 6.09 Å². The molecule has 2 rings (SSSR count). The second-order valence-electron chi connectivity index (χ2n) is 7.71. The third-order valence-electron chi connectivity index (χ3n) is 4.35. The van der Waals surface area contributed by atoms with Gasteiger partial charge in [-0.25, -0.2) is 4.79 Å². The molecule has 136 valence electrons. The van der Waals surface area contributed by atoms with Crippen LogP contribution in [0.25, 0.3) is 0 Å². The summed E-state index contributed by atoms with van der Waals surface area (Å²) in [6, 6.07) is 10.4. The Kier molecular flexibility index (Phi) is 6.90. The van der Waals surface area contributed by atoms with Crippen LogP contribution in [0.2, 0.25) is 0 Å². The summed E-state index contributed by atoms with van der Waals surface area (Å²) in [5, 5.41) is 3.59. The molecule has 0 spiro atoms. The zero-order valence-electron chi connectivity index (χ0n) is 15.6. The van der Waals surface area contributed by atoms with Gasteiger partial charge >= 0.3 is 6.09 Å². The number of carbonyl (C=O) groups is 1. The molecule has 0 aliphatic carbocycles. The fourth-order valence-electron chi connectivity index (χ4n) is 3.14. The Hall–Kier alpha value is -1.99. The average Bonchev–Trinajstić information content (AvgIpc) is 2.58. The van der Waals surface area contributed by atoms with Crippen molar-refractivity contribution in [3.63, 3.8) is 0 Å². The van der Waals surface area contributed by atoms with E-state index in [2.05, 4.69) is 23.4 Å². The molecule has 0 bridgehead atoms. The van der Waals surface area contributed by atoms with Crippen molar-refractivity contribution in [3.8, 4) is 12.3 Å². The predicted molar refractivity (Wildman–Crippen MR) is 101 cm³/mol. The second-order valence-corrected chi connectivity index (χ2v) is 7.71. The van der Waals surface area contributed by atoms with Gasteiger partial charge in [0.25, 0.3) is 0 Å². The van der Waals surface area contributed by atoms with Crippen molar-refractivity contribution in [1.82, 2.24) is 10.2 Å². The normalized spacial score (nSPS) is 19.1. The Bertz CT molecular complexity index is 586. The van der Waals surface area contributed by atoms with Crippen LogP contribution >= 0.6 is 0 Å². The van der Waals surface area contributed by atoms with Crippen LogP contribution in [0.4, 0.5) is 4.79 Å². The van der Waals surface area contributed by atoms with Crippen LogP contribution in [0, 0.1) is 18.3 Å². The van der Waals surface area contributed by atoms with Crippen molar-refractivity contribution in [1.29, 1.82) is 0 Å². The van der Waals surface area contributed by atoms with E-state index >= 15 is 0 Å². The van der Waals surface area contributed by atoms with E-state index in [1.54, 1.807) is 0 Å². The first-order valence-corrected chi connectivity index (χ1v) is 9.09. The second kappa shape index (κ2) is 8.92. The molecule has 1 aromatic carbocycles. The Morgan fingerprint density at radius 3 is 2.76 bits per heavy atom. The van der Waals surface area contributed by atoms with Gasteiger partial charge in [0.15, 0.2) is 0 Å². The molecule has 1 saturated heterocycles. The number of carbonyl (C=O) groups excluding carboxylic acids is 1. The summed E-state index contributed by atoms with van der Waals surface area (Å²) in [5.41, 5.74) is 0.758. The van der Waals surface area contributed by atoms with Crippen LogP contribution in [0.5, 0.6) is 0 Å². The van der Waals surface area contributed by atoms with E-state index in [4.69, 9.17) is 11.2 Å². The zero-order chi connectivity index (χ0) is 18.3. The van der Waals surface area contributed by atoms with Crippen LogP contribution < -0.4 is 5.32 Å². The molecule has 25 heavy (non-hydrogen) atoms. The molecule has 4 nitrogen and oxygen atoms in total. The van der Waals surface area contributed by atoms with Gasteiger partial charge in [0.2, 0.25) is 0 Å². The average molecular weight is 342 g/mol. The molecule has 0 saturated carbocycles. The van der Waals surface area contributed by atoms with E-state index in [9.17, 15) is 4.79 Å². The quantitative estimate of drug-likeness (QED) is 0.823. The van der Waals surface area contributed by atoms with Gasteiger partial charge < -0.3 is 15.0 Å². The number of terminal acetylenes is 1. The maximum Gasteiger partial charge on any atom is 0.410 e. The van der Waals surface area contributed by atoms with Crippen LogP contribution in [0.1, 0.15) is 51.6 Å². The molecular formula is C21H30N2O2. The third-order valence-corrected chi connectivity index (χ3v) is 4.35. The summed E-state index contributed by atoms with van der Waals surface area (Å²) in [6.45, 7) is 8.06. The highest BCUT2D eigenvalue weighted by molar-refractivity contribution is 5.68. The number of nitrogens with zero attached hydrogens (tertiary/aromatic N) is 1. The Morgan fingerprint density at radius 1 is 1.40 bits per heavy atom. The van der Waals surface area contributed by atoms with Crippen molar-refractivity contribution in [3.05, 3.63) is 35.9 Å². The lowest BCUT2D eigenvalue weighted by atomic mass is 9.96. The SMILES string of the molecule is C#CC[C@H](NC[C@@H]1CCCN(C(=O)OC(C)(C)C)C1)c1ccccc1. The van der Waals surface area contributed by atoms with Gasteiger partial charge in [0.05, 0.1) is 0 Å². The van der Waals surface area contributed by atoms with Crippen molar-refractivity contribution in [2.45, 2.75) is 51.7 Å². The van der Waals surface area contributed by atoms with E-state index in [-0.39, 0.29) is 12.1 Å². The van der Waals surface area contributed by atoms with Gasteiger partial charge in [-0.3, -0.25) is 0 Å². The highest BCUT2D eigenvalue weighted by atomic mass is 16.6. The van der Waals surface area contributed by atoms with E-state index in [0.29, 0.717) is 12.3 Å². The van der Waals surface area contributed by atoms with Gasteiger partial charge in [-0.2, -0.15) is 0 Å². The van der Waals surface area contributed by atoms with Crippen LogP contribution in [-0.4, -0.2) is 36.2 Å². The monoisotopic (exact) mass is 342 g/mol. The topological polar surface area (TPSA) is 41.6 Å². The minimum atomic E-state index is -0.451. The summed E-state index contributed by atoms with van der Waals surface area (Å²) in [4.78, 5) is 14.1. The third kappa shape index (κ3) is 6.43. The number of hydrogen-bond donors (Lipinski definition) is 1. The van der Waals surface area contributed by atoms with Crippen LogP contribution in [0.15, 0.2) is 30.3 Å². The smallest absolute Gasteiger partial charge is 0.410 e. The van der Waals surface area contributed by atoms with Gasteiger partial charge in [-0.1, -0.05) is 30.3 Å². The first kappa shape index (κ1) is 19.3. The number of piperidine rings is 1. The Labute approximate surface area is 151 Å².